The van der Waals surface area contributed by atoms with Crippen LogP contribution in [0.2, 0.25) is 0 Å². The number of rotatable bonds is 10. The lowest BCUT2D eigenvalue weighted by Gasteiger charge is -2.03. The van der Waals surface area contributed by atoms with Crippen LogP contribution in [0, 0.1) is 0 Å². The van der Waals surface area contributed by atoms with E-state index in [2.05, 4.69) is 6.92 Å². The van der Waals surface area contributed by atoms with Crippen LogP contribution in [-0.4, -0.2) is 22.0 Å². The minimum absolute atomic E-state index is 0.226. The van der Waals surface area contributed by atoms with Crippen molar-refractivity contribution >= 4 is 11.8 Å². The van der Waals surface area contributed by atoms with Crippen LogP contribution in [0.4, 0.5) is 0 Å². The molecule has 0 saturated carbocycles. The van der Waals surface area contributed by atoms with Gasteiger partial charge in [0.15, 0.2) is 11.5 Å². The van der Waals surface area contributed by atoms with Crippen LogP contribution in [-0.2, 0) is 9.59 Å². The summed E-state index contributed by atoms with van der Waals surface area (Å²) in [6.45, 7) is 3.40. The molecule has 0 aliphatic rings. The molecule has 0 fully saturated rings. The van der Waals surface area contributed by atoms with Gasteiger partial charge in [0.05, 0.1) is 5.57 Å². The van der Waals surface area contributed by atoms with E-state index in [0.717, 1.165) is 12.8 Å². The van der Waals surface area contributed by atoms with E-state index in [9.17, 15) is 14.7 Å². The van der Waals surface area contributed by atoms with Crippen molar-refractivity contribution in [1.82, 2.24) is 0 Å². The van der Waals surface area contributed by atoms with Crippen molar-refractivity contribution in [3.63, 3.8) is 0 Å². The summed E-state index contributed by atoms with van der Waals surface area (Å²) in [7, 11) is 0. The van der Waals surface area contributed by atoms with Gasteiger partial charge >= 0.3 is 5.97 Å². The largest absolute Gasteiger partial charge is 0.504 e. The zero-order valence-corrected chi connectivity index (χ0v) is 11.4. The average Bonchev–Trinajstić information content (AvgIpc) is 2.35. The highest BCUT2D eigenvalue weighted by Crippen LogP contribution is 2.11. The highest BCUT2D eigenvalue weighted by molar-refractivity contribution is 6.00. The molecule has 18 heavy (non-hydrogen) atoms. The SMILES string of the molecule is CCCCCCCCCC(=O)/C(O)=C(\C)C(=O)O. The summed E-state index contributed by atoms with van der Waals surface area (Å²) in [5.41, 5.74) is -0.275. The minimum Gasteiger partial charge on any atom is -0.504 e. The summed E-state index contributed by atoms with van der Waals surface area (Å²) in [6.07, 6.45) is 7.86. The van der Waals surface area contributed by atoms with Crippen molar-refractivity contribution in [3.05, 3.63) is 11.3 Å². The molecule has 0 bridgehead atoms. The first-order valence-electron chi connectivity index (χ1n) is 6.67. The first-order chi connectivity index (χ1) is 8.50. The normalized spacial score (nSPS) is 12.1. The number of hydrogen-bond acceptors (Lipinski definition) is 3. The number of carbonyl (C=O) groups excluding carboxylic acids is 1. The van der Waals surface area contributed by atoms with Crippen LogP contribution in [0.5, 0.6) is 0 Å². The third-order valence-corrected chi connectivity index (χ3v) is 2.95. The van der Waals surface area contributed by atoms with E-state index in [1.165, 1.54) is 32.6 Å². The second-order valence-electron chi connectivity index (χ2n) is 4.57. The Balaban J connectivity index is 3.78. The molecule has 0 aromatic heterocycles. The second-order valence-corrected chi connectivity index (χ2v) is 4.57. The Morgan fingerprint density at radius 1 is 0.889 bits per heavy atom. The summed E-state index contributed by atoms with van der Waals surface area (Å²) in [4.78, 5) is 22.0. The molecular weight excluding hydrogens is 232 g/mol. The molecule has 0 spiro atoms. The number of aliphatic hydroxyl groups is 1. The standard InChI is InChI=1S/C14H24O4/c1-3-4-5-6-7-8-9-10-12(15)13(16)11(2)14(17)18/h16H,3-10H2,1-2H3,(H,17,18)/b13-11-. The summed E-state index contributed by atoms with van der Waals surface area (Å²) in [5.74, 6) is -2.32. The van der Waals surface area contributed by atoms with E-state index in [4.69, 9.17) is 5.11 Å². The van der Waals surface area contributed by atoms with Gasteiger partial charge in [-0.15, -0.1) is 0 Å². The summed E-state index contributed by atoms with van der Waals surface area (Å²) >= 11 is 0. The van der Waals surface area contributed by atoms with Crippen molar-refractivity contribution in [1.29, 1.82) is 0 Å². The summed E-state index contributed by atoms with van der Waals surface area (Å²) < 4.78 is 0. The number of carboxylic acids is 1. The molecular formula is C14H24O4. The molecule has 104 valence electrons. The first-order valence-corrected chi connectivity index (χ1v) is 6.67. The Labute approximate surface area is 109 Å². The average molecular weight is 256 g/mol. The topological polar surface area (TPSA) is 74.6 Å². The van der Waals surface area contributed by atoms with Crippen LogP contribution >= 0.6 is 0 Å². The smallest absolute Gasteiger partial charge is 0.335 e. The van der Waals surface area contributed by atoms with E-state index < -0.39 is 17.5 Å². The van der Waals surface area contributed by atoms with Crippen molar-refractivity contribution in [2.24, 2.45) is 0 Å². The van der Waals surface area contributed by atoms with Crippen molar-refractivity contribution in [3.8, 4) is 0 Å². The Bertz CT molecular complexity index is 305. The molecule has 0 aromatic carbocycles. The van der Waals surface area contributed by atoms with Crippen LogP contribution in [0.25, 0.3) is 0 Å². The van der Waals surface area contributed by atoms with E-state index >= 15 is 0 Å². The number of carboxylic acid groups (broad SMARTS) is 1. The zero-order valence-electron chi connectivity index (χ0n) is 11.4. The predicted octanol–water partition coefficient (Wildman–Crippen LogP) is 3.61. The van der Waals surface area contributed by atoms with Crippen molar-refractivity contribution < 1.29 is 19.8 Å². The van der Waals surface area contributed by atoms with E-state index in [1.807, 2.05) is 0 Å². The predicted molar refractivity (Wildman–Crippen MR) is 70.6 cm³/mol. The molecule has 0 amide bonds. The maximum atomic E-state index is 11.5. The molecule has 4 heteroatoms. The number of ketones is 1. The number of allylic oxidation sites excluding steroid dienone is 1. The first kappa shape index (κ1) is 16.7. The fraction of sp³-hybridized carbons (Fsp3) is 0.714. The monoisotopic (exact) mass is 256 g/mol. The maximum absolute atomic E-state index is 11.5. The Kier molecular flexibility index (Phi) is 8.97. The Hall–Kier alpha value is -1.32. The molecule has 0 aromatic rings. The highest BCUT2D eigenvalue weighted by atomic mass is 16.4. The van der Waals surface area contributed by atoms with Gasteiger partial charge in [-0.1, -0.05) is 45.4 Å². The molecule has 0 aliphatic heterocycles. The third kappa shape index (κ3) is 7.09. The number of carbonyl (C=O) groups is 2. The number of unbranched alkanes of at least 4 members (excludes halogenated alkanes) is 6. The summed E-state index contributed by atoms with van der Waals surface area (Å²) in [6, 6.07) is 0. The quantitative estimate of drug-likeness (QED) is 0.355. The second kappa shape index (κ2) is 9.68. The molecule has 0 atom stereocenters. The molecule has 0 saturated heterocycles. The molecule has 0 heterocycles. The highest BCUT2D eigenvalue weighted by Gasteiger charge is 2.15. The van der Waals surface area contributed by atoms with Gasteiger partial charge in [0.1, 0.15) is 0 Å². The van der Waals surface area contributed by atoms with Crippen molar-refractivity contribution in [2.75, 3.05) is 0 Å². The molecule has 0 rings (SSSR count). The molecule has 2 N–H and O–H groups in total. The Morgan fingerprint density at radius 3 is 1.89 bits per heavy atom. The lowest BCUT2D eigenvalue weighted by molar-refractivity contribution is -0.133. The van der Waals surface area contributed by atoms with Crippen LogP contribution in [0.15, 0.2) is 11.3 Å². The molecule has 0 unspecified atom stereocenters. The van der Waals surface area contributed by atoms with Gasteiger partial charge in [0, 0.05) is 6.42 Å². The van der Waals surface area contributed by atoms with Gasteiger partial charge in [-0.05, 0) is 13.3 Å². The van der Waals surface area contributed by atoms with Gasteiger partial charge in [-0.25, -0.2) is 4.79 Å². The van der Waals surface area contributed by atoms with Gasteiger partial charge in [0.25, 0.3) is 0 Å². The number of aliphatic hydroxyl groups excluding tert-OH is 1. The number of hydrogen-bond donors (Lipinski definition) is 2. The number of Topliss-reactive ketones (excluding diaryl/α,β-unsaturated/α-hetero) is 1. The fourth-order valence-corrected chi connectivity index (χ4v) is 1.67. The van der Waals surface area contributed by atoms with Gasteiger partial charge < -0.3 is 10.2 Å². The van der Waals surface area contributed by atoms with Gasteiger partial charge in [0.2, 0.25) is 0 Å². The van der Waals surface area contributed by atoms with Crippen LogP contribution in [0.3, 0.4) is 0 Å². The van der Waals surface area contributed by atoms with Gasteiger partial charge in [-0.3, -0.25) is 4.79 Å². The lowest BCUT2D eigenvalue weighted by Crippen LogP contribution is -2.09. The maximum Gasteiger partial charge on any atom is 0.335 e. The molecule has 0 radical (unpaired) electrons. The van der Waals surface area contributed by atoms with Gasteiger partial charge in [-0.2, -0.15) is 0 Å². The minimum atomic E-state index is -1.25. The molecule has 4 nitrogen and oxygen atoms in total. The van der Waals surface area contributed by atoms with Crippen LogP contribution < -0.4 is 0 Å². The van der Waals surface area contributed by atoms with E-state index in [0.29, 0.717) is 6.42 Å². The number of aliphatic carboxylic acids is 1. The lowest BCUT2D eigenvalue weighted by atomic mass is 10.0. The zero-order chi connectivity index (χ0) is 14.0. The van der Waals surface area contributed by atoms with E-state index in [-0.39, 0.29) is 12.0 Å². The van der Waals surface area contributed by atoms with E-state index in [1.54, 1.807) is 0 Å². The molecule has 0 aliphatic carbocycles. The fourth-order valence-electron chi connectivity index (χ4n) is 1.67. The summed E-state index contributed by atoms with van der Waals surface area (Å²) in [5, 5.41) is 18.0. The third-order valence-electron chi connectivity index (χ3n) is 2.95. The van der Waals surface area contributed by atoms with Crippen molar-refractivity contribution in [2.45, 2.75) is 65.2 Å². The Morgan fingerprint density at radius 2 is 1.39 bits per heavy atom. The van der Waals surface area contributed by atoms with Crippen LogP contribution in [0.1, 0.15) is 65.2 Å².